The summed E-state index contributed by atoms with van der Waals surface area (Å²) in [4.78, 5) is 12.7. The fourth-order valence-corrected chi connectivity index (χ4v) is 1.26. The normalized spacial score (nSPS) is 10.8. The predicted molar refractivity (Wildman–Crippen MR) is 73.1 cm³/mol. The highest BCUT2D eigenvalue weighted by Gasteiger charge is 2.09. The molecule has 0 amide bonds. The van der Waals surface area contributed by atoms with Crippen molar-refractivity contribution in [3.8, 4) is 6.01 Å². The number of nitrogens with one attached hydrogen (secondary N) is 2. The number of anilines is 2. The van der Waals surface area contributed by atoms with E-state index in [1.54, 1.807) is 0 Å². The van der Waals surface area contributed by atoms with Crippen LogP contribution in [0.1, 0.15) is 41.0 Å². The van der Waals surface area contributed by atoms with E-state index in [2.05, 4.69) is 32.5 Å². The van der Waals surface area contributed by atoms with Crippen molar-refractivity contribution in [1.29, 1.82) is 0 Å². The van der Waals surface area contributed by atoms with Gasteiger partial charge in [0, 0.05) is 12.6 Å². The predicted octanol–water partition coefficient (Wildman–Crippen LogP) is 2.30. The molecule has 1 aromatic rings. The maximum absolute atomic E-state index is 5.51. The Bertz CT molecular complexity index is 339. The quantitative estimate of drug-likeness (QED) is 0.777. The molecule has 1 aromatic heterocycles. The molecule has 0 radical (unpaired) electrons. The van der Waals surface area contributed by atoms with Crippen molar-refractivity contribution >= 4 is 11.9 Å². The summed E-state index contributed by atoms with van der Waals surface area (Å²) in [6, 6.07) is 0.611. The Balaban J connectivity index is 2.88. The molecule has 1 heterocycles. The topological polar surface area (TPSA) is 72.0 Å². The van der Waals surface area contributed by atoms with Gasteiger partial charge in [-0.25, -0.2) is 0 Å². The van der Waals surface area contributed by atoms with E-state index >= 15 is 0 Å². The van der Waals surface area contributed by atoms with Gasteiger partial charge in [-0.05, 0) is 34.1 Å². The minimum absolute atomic E-state index is 0.0401. The molecule has 0 fully saturated rings. The average Bonchev–Trinajstić information content (AvgIpc) is 2.24. The minimum atomic E-state index is 0.0401. The standard InChI is InChI=1S/C12H23N5O/c1-6-7-13-10-15-11(14-8(2)3)17-12(16-10)18-9(4)5/h8-9H,6-7H2,1-5H3,(H2,13,14,15,16,17). The van der Waals surface area contributed by atoms with Crippen molar-refractivity contribution in [2.75, 3.05) is 17.2 Å². The molecule has 0 aliphatic heterocycles. The Labute approximate surface area is 109 Å². The van der Waals surface area contributed by atoms with Gasteiger partial charge < -0.3 is 15.4 Å². The van der Waals surface area contributed by atoms with Crippen LogP contribution in [0.2, 0.25) is 0 Å². The zero-order valence-corrected chi connectivity index (χ0v) is 11.8. The van der Waals surface area contributed by atoms with Crippen molar-refractivity contribution in [3.05, 3.63) is 0 Å². The fourth-order valence-electron chi connectivity index (χ4n) is 1.26. The molecule has 0 saturated heterocycles. The molecule has 18 heavy (non-hydrogen) atoms. The smallest absolute Gasteiger partial charge is 0.323 e. The third kappa shape index (κ3) is 5.16. The van der Waals surface area contributed by atoms with Gasteiger partial charge in [0.1, 0.15) is 0 Å². The highest BCUT2D eigenvalue weighted by Crippen LogP contribution is 2.13. The number of hydrogen-bond donors (Lipinski definition) is 2. The second kappa shape index (κ2) is 6.98. The molecule has 102 valence electrons. The largest absolute Gasteiger partial charge is 0.461 e. The fraction of sp³-hybridized carbons (Fsp3) is 0.750. The lowest BCUT2D eigenvalue weighted by Crippen LogP contribution is -2.17. The summed E-state index contributed by atoms with van der Waals surface area (Å²) in [5.41, 5.74) is 0. The first-order valence-electron chi connectivity index (χ1n) is 6.44. The zero-order chi connectivity index (χ0) is 13.5. The van der Waals surface area contributed by atoms with Gasteiger partial charge in [-0.3, -0.25) is 0 Å². The monoisotopic (exact) mass is 253 g/mol. The van der Waals surface area contributed by atoms with Crippen molar-refractivity contribution in [2.24, 2.45) is 0 Å². The Kier molecular flexibility index (Phi) is 5.61. The van der Waals surface area contributed by atoms with E-state index in [-0.39, 0.29) is 12.1 Å². The first-order chi connectivity index (χ1) is 8.51. The van der Waals surface area contributed by atoms with Gasteiger partial charge in [-0.2, -0.15) is 15.0 Å². The molecule has 0 aliphatic rings. The van der Waals surface area contributed by atoms with E-state index < -0.39 is 0 Å². The summed E-state index contributed by atoms with van der Waals surface area (Å²) in [5.74, 6) is 1.08. The number of nitrogens with zero attached hydrogens (tertiary/aromatic N) is 3. The molecular formula is C12H23N5O. The highest BCUT2D eigenvalue weighted by atomic mass is 16.5. The van der Waals surface area contributed by atoms with Crippen LogP contribution in [0.5, 0.6) is 6.01 Å². The van der Waals surface area contributed by atoms with Crippen LogP contribution in [0.15, 0.2) is 0 Å². The summed E-state index contributed by atoms with van der Waals surface area (Å²) < 4.78 is 5.51. The van der Waals surface area contributed by atoms with Crippen LogP contribution >= 0.6 is 0 Å². The van der Waals surface area contributed by atoms with Crippen LogP contribution in [0, 0.1) is 0 Å². The lowest BCUT2D eigenvalue weighted by atomic mass is 10.4. The molecule has 6 nitrogen and oxygen atoms in total. The van der Waals surface area contributed by atoms with Gasteiger partial charge >= 0.3 is 6.01 Å². The van der Waals surface area contributed by atoms with Crippen LogP contribution in [0.3, 0.4) is 0 Å². The van der Waals surface area contributed by atoms with E-state index in [4.69, 9.17) is 4.74 Å². The molecule has 1 rings (SSSR count). The van der Waals surface area contributed by atoms with Crippen molar-refractivity contribution < 1.29 is 4.74 Å². The van der Waals surface area contributed by atoms with Gasteiger partial charge in [-0.15, -0.1) is 0 Å². The third-order valence-corrected chi connectivity index (χ3v) is 1.91. The van der Waals surface area contributed by atoms with E-state index in [9.17, 15) is 0 Å². The summed E-state index contributed by atoms with van der Waals surface area (Å²) in [6.45, 7) is 10.9. The van der Waals surface area contributed by atoms with Gasteiger partial charge in [0.2, 0.25) is 11.9 Å². The molecule has 0 bridgehead atoms. The minimum Gasteiger partial charge on any atom is -0.461 e. The molecule has 0 aliphatic carbocycles. The van der Waals surface area contributed by atoms with E-state index in [0.29, 0.717) is 17.9 Å². The Morgan fingerprint density at radius 1 is 1.06 bits per heavy atom. The second-order valence-corrected chi connectivity index (χ2v) is 4.66. The van der Waals surface area contributed by atoms with Gasteiger partial charge in [0.05, 0.1) is 6.10 Å². The SMILES string of the molecule is CCCNc1nc(NC(C)C)nc(OC(C)C)n1. The van der Waals surface area contributed by atoms with Crippen LogP contribution < -0.4 is 15.4 Å². The maximum Gasteiger partial charge on any atom is 0.323 e. The lowest BCUT2D eigenvalue weighted by Gasteiger charge is -2.13. The molecule has 0 spiro atoms. The highest BCUT2D eigenvalue weighted by molar-refractivity contribution is 5.36. The van der Waals surface area contributed by atoms with Crippen LogP contribution in [0.4, 0.5) is 11.9 Å². The molecule has 0 aromatic carbocycles. The maximum atomic E-state index is 5.51. The molecule has 2 N–H and O–H groups in total. The van der Waals surface area contributed by atoms with Crippen LogP contribution in [-0.2, 0) is 0 Å². The first kappa shape index (κ1) is 14.5. The molecule has 6 heteroatoms. The van der Waals surface area contributed by atoms with Crippen molar-refractivity contribution in [3.63, 3.8) is 0 Å². The zero-order valence-electron chi connectivity index (χ0n) is 11.8. The summed E-state index contributed by atoms with van der Waals surface area (Å²) in [5, 5.41) is 6.29. The summed E-state index contributed by atoms with van der Waals surface area (Å²) >= 11 is 0. The van der Waals surface area contributed by atoms with Crippen LogP contribution in [-0.4, -0.2) is 33.6 Å². The number of rotatable bonds is 7. The van der Waals surface area contributed by atoms with E-state index in [1.165, 1.54) is 0 Å². The average molecular weight is 253 g/mol. The van der Waals surface area contributed by atoms with Crippen molar-refractivity contribution in [1.82, 2.24) is 15.0 Å². The number of hydrogen-bond acceptors (Lipinski definition) is 6. The molecular weight excluding hydrogens is 230 g/mol. The molecule has 0 unspecified atom stereocenters. The molecule has 0 atom stereocenters. The number of aromatic nitrogens is 3. The van der Waals surface area contributed by atoms with E-state index in [1.807, 2.05) is 27.7 Å². The van der Waals surface area contributed by atoms with Gasteiger partial charge in [-0.1, -0.05) is 6.92 Å². The second-order valence-electron chi connectivity index (χ2n) is 4.66. The summed E-state index contributed by atoms with van der Waals surface area (Å²) in [7, 11) is 0. The van der Waals surface area contributed by atoms with Crippen molar-refractivity contribution in [2.45, 2.75) is 53.2 Å². The van der Waals surface area contributed by atoms with Gasteiger partial charge in [0.25, 0.3) is 0 Å². The summed E-state index contributed by atoms with van der Waals surface area (Å²) in [6.07, 6.45) is 1.05. The number of ether oxygens (including phenoxy) is 1. The molecule has 0 saturated carbocycles. The lowest BCUT2D eigenvalue weighted by molar-refractivity contribution is 0.222. The Hall–Kier alpha value is -1.59. The third-order valence-electron chi connectivity index (χ3n) is 1.91. The first-order valence-corrected chi connectivity index (χ1v) is 6.44. The van der Waals surface area contributed by atoms with Gasteiger partial charge in [0.15, 0.2) is 0 Å². The Morgan fingerprint density at radius 2 is 1.72 bits per heavy atom. The van der Waals surface area contributed by atoms with Crippen LogP contribution in [0.25, 0.3) is 0 Å². The Morgan fingerprint density at radius 3 is 2.28 bits per heavy atom. The van der Waals surface area contributed by atoms with E-state index in [0.717, 1.165) is 13.0 Å².